The molecule has 0 aliphatic carbocycles. The number of hydrogen-bond donors (Lipinski definition) is 1. The van der Waals surface area contributed by atoms with Crippen molar-refractivity contribution in [1.29, 1.82) is 0 Å². The van der Waals surface area contributed by atoms with Crippen LogP contribution in [0.15, 0.2) is 18.2 Å². The Bertz CT molecular complexity index is 395. The van der Waals surface area contributed by atoms with Gasteiger partial charge >= 0.3 is 6.18 Å². The third kappa shape index (κ3) is 4.07. The van der Waals surface area contributed by atoms with Crippen molar-refractivity contribution >= 4 is 11.6 Å². The van der Waals surface area contributed by atoms with E-state index in [4.69, 9.17) is 16.3 Å². The minimum Gasteiger partial charge on any atom is -0.496 e. The molecular formula is C12H15ClF3NO. The van der Waals surface area contributed by atoms with E-state index in [0.29, 0.717) is 16.3 Å². The van der Waals surface area contributed by atoms with Crippen LogP contribution in [-0.4, -0.2) is 25.9 Å². The summed E-state index contributed by atoms with van der Waals surface area (Å²) in [4.78, 5) is 0. The van der Waals surface area contributed by atoms with Gasteiger partial charge in [-0.05, 0) is 30.3 Å². The van der Waals surface area contributed by atoms with Gasteiger partial charge in [0.05, 0.1) is 7.11 Å². The normalized spacial score (nSPS) is 13.4. The monoisotopic (exact) mass is 281 g/mol. The first-order chi connectivity index (χ1) is 8.38. The number of alkyl halides is 3. The Balaban J connectivity index is 2.96. The lowest BCUT2D eigenvalue weighted by atomic mass is 10.0. The highest BCUT2D eigenvalue weighted by atomic mass is 35.5. The fourth-order valence-corrected chi connectivity index (χ4v) is 1.87. The van der Waals surface area contributed by atoms with E-state index in [0.717, 1.165) is 0 Å². The Hall–Kier alpha value is -0.940. The molecule has 0 fully saturated rings. The quantitative estimate of drug-likeness (QED) is 0.893. The van der Waals surface area contributed by atoms with Crippen molar-refractivity contribution in [2.75, 3.05) is 13.7 Å². The maximum Gasteiger partial charge on any atom is 0.404 e. The average Bonchev–Trinajstić information content (AvgIpc) is 2.27. The second-order valence-electron chi connectivity index (χ2n) is 3.81. The summed E-state index contributed by atoms with van der Waals surface area (Å²) in [6.07, 6.45) is -4.51. The van der Waals surface area contributed by atoms with Crippen LogP contribution in [0.2, 0.25) is 5.02 Å². The number of rotatable bonds is 5. The number of halogens is 4. The average molecular weight is 282 g/mol. The van der Waals surface area contributed by atoms with Crippen molar-refractivity contribution in [3.8, 4) is 5.75 Å². The van der Waals surface area contributed by atoms with Crippen LogP contribution in [0.1, 0.15) is 12.5 Å². The largest absolute Gasteiger partial charge is 0.496 e. The maximum atomic E-state index is 12.8. The van der Waals surface area contributed by atoms with Crippen molar-refractivity contribution in [2.24, 2.45) is 0 Å². The summed E-state index contributed by atoms with van der Waals surface area (Å²) in [6, 6.07) is 3.04. The van der Waals surface area contributed by atoms with Crippen molar-refractivity contribution in [3.05, 3.63) is 28.8 Å². The minimum absolute atomic E-state index is 0.207. The number of ether oxygens (including phenoxy) is 1. The predicted octanol–water partition coefficient (Wildman–Crippen LogP) is 3.43. The smallest absolute Gasteiger partial charge is 0.404 e. The second-order valence-corrected chi connectivity index (χ2v) is 4.25. The van der Waals surface area contributed by atoms with Crippen LogP contribution in [-0.2, 0) is 6.42 Å². The van der Waals surface area contributed by atoms with Gasteiger partial charge in [0.1, 0.15) is 11.8 Å². The summed E-state index contributed by atoms with van der Waals surface area (Å²) in [6.45, 7) is 1.88. The standard InChI is InChI=1S/C12H15ClF3NO/c1-3-17-11(12(14,15)16)7-8-6-9(13)4-5-10(8)18-2/h4-6,11,17H,3,7H2,1-2H3. The molecule has 1 N–H and O–H groups in total. The van der Waals surface area contributed by atoms with Crippen LogP contribution in [0, 0.1) is 0 Å². The van der Waals surface area contributed by atoms with Gasteiger partial charge in [-0.2, -0.15) is 13.2 Å². The van der Waals surface area contributed by atoms with E-state index < -0.39 is 12.2 Å². The second kappa shape index (κ2) is 6.29. The summed E-state index contributed by atoms with van der Waals surface area (Å²) in [5, 5.41) is 2.81. The highest BCUT2D eigenvalue weighted by Gasteiger charge is 2.39. The lowest BCUT2D eigenvalue weighted by Gasteiger charge is -2.22. The summed E-state index contributed by atoms with van der Waals surface area (Å²) in [5.74, 6) is 0.409. The van der Waals surface area contributed by atoms with E-state index in [1.54, 1.807) is 19.1 Å². The van der Waals surface area contributed by atoms with Crippen LogP contribution in [0.5, 0.6) is 5.75 Å². The van der Waals surface area contributed by atoms with Gasteiger partial charge in [0.2, 0.25) is 0 Å². The number of benzene rings is 1. The molecule has 6 heteroatoms. The molecule has 0 amide bonds. The first-order valence-corrected chi connectivity index (χ1v) is 5.88. The Morgan fingerprint density at radius 1 is 1.39 bits per heavy atom. The van der Waals surface area contributed by atoms with Crippen LogP contribution in [0.3, 0.4) is 0 Å². The maximum absolute atomic E-state index is 12.8. The van der Waals surface area contributed by atoms with E-state index in [1.165, 1.54) is 13.2 Å². The minimum atomic E-state index is -4.30. The Morgan fingerprint density at radius 2 is 2.06 bits per heavy atom. The molecule has 0 aliphatic rings. The fraction of sp³-hybridized carbons (Fsp3) is 0.500. The van der Waals surface area contributed by atoms with E-state index in [2.05, 4.69) is 5.32 Å². The summed E-state index contributed by atoms with van der Waals surface area (Å²) >= 11 is 5.79. The lowest BCUT2D eigenvalue weighted by Crippen LogP contribution is -2.43. The van der Waals surface area contributed by atoms with Gasteiger partial charge in [-0.25, -0.2) is 0 Å². The van der Waals surface area contributed by atoms with E-state index in [9.17, 15) is 13.2 Å². The number of likely N-dealkylation sites (N-methyl/N-ethyl adjacent to an activating group) is 1. The van der Waals surface area contributed by atoms with Crippen molar-refractivity contribution in [3.63, 3.8) is 0 Å². The first-order valence-electron chi connectivity index (χ1n) is 5.51. The van der Waals surface area contributed by atoms with Crippen molar-refractivity contribution in [1.82, 2.24) is 5.32 Å². The van der Waals surface area contributed by atoms with Gasteiger partial charge in [-0.1, -0.05) is 18.5 Å². The molecule has 1 rings (SSSR count). The zero-order valence-corrected chi connectivity index (χ0v) is 10.9. The van der Waals surface area contributed by atoms with Crippen molar-refractivity contribution < 1.29 is 17.9 Å². The molecule has 0 radical (unpaired) electrons. The van der Waals surface area contributed by atoms with E-state index in [1.807, 2.05) is 0 Å². The lowest BCUT2D eigenvalue weighted by molar-refractivity contribution is -0.155. The van der Waals surface area contributed by atoms with Gasteiger partial charge in [0, 0.05) is 11.4 Å². The molecular weight excluding hydrogens is 267 g/mol. The van der Waals surface area contributed by atoms with Crippen LogP contribution < -0.4 is 10.1 Å². The number of hydrogen-bond acceptors (Lipinski definition) is 2. The Kier molecular flexibility index (Phi) is 5.28. The van der Waals surface area contributed by atoms with Crippen LogP contribution in [0.25, 0.3) is 0 Å². The highest BCUT2D eigenvalue weighted by Crippen LogP contribution is 2.28. The summed E-state index contributed by atoms with van der Waals surface area (Å²) in [7, 11) is 1.42. The third-order valence-corrected chi connectivity index (χ3v) is 2.75. The summed E-state index contributed by atoms with van der Waals surface area (Å²) in [5.41, 5.74) is 0.438. The van der Waals surface area contributed by atoms with Crippen LogP contribution in [0.4, 0.5) is 13.2 Å². The molecule has 0 bridgehead atoms. The molecule has 1 aromatic rings. The van der Waals surface area contributed by atoms with Gasteiger partial charge < -0.3 is 10.1 Å². The van der Waals surface area contributed by atoms with Crippen LogP contribution >= 0.6 is 11.6 Å². The molecule has 0 spiro atoms. The topological polar surface area (TPSA) is 21.3 Å². The molecule has 0 heterocycles. The van der Waals surface area contributed by atoms with Crippen molar-refractivity contribution in [2.45, 2.75) is 25.6 Å². The zero-order valence-electron chi connectivity index (χ0n) is 10.1. The van der Waals surface area contributed by atoms with Gasteiger partial charge in [0.25, 0.3) is 0 Å². The molecule has 1 aromatic carbocycles. The predicted molar refractivity (Wildman–Crippen MR) is 65.2 cm³/mol. The molecule has 0 saturated carbocycles. The molecule has 2 nitrogen and oxygen atoms in total. The van der Waals surface area contributed by atoms with E-state index >= 15 is 0 Å². The Labute approximate surface area is 109 Å². The SMILES string of the molecule is CCNC(Cc1cc(Cl)ccc1OC)C(F)(F)F. The highest BCUT2D eigenvalue weighted by molar-refractivity contribution is 6.30. The molecule has 0 aliphatic heterocycles. The molecule has 1 unspecified atom stereocenters. The van der Waals surface area contributed by atoms with Gasteiger partial charge in [0.15, 0.2) is 0 Å². The van der Waals surface area contributed by atoms with Gasteiger partial charge in [-0.15, -0.1) is 0 Å². The van der Waals surface area contributed by atoms with Gasteiger partial charge in [-0.3, -0.25) is 0 Å². The molecule has 102 valence electrons. The first kappa shape index (κ1) is 15.1. The number of nitrogens with one attached hydrogen (secondary N) is 1. The molecule has 0 aromatic heterocycles. The number of methoxy groups -OCH3 is 1. The molecule has 1 atom stereocenters. The Morgan fingerprint density at radius 3 is 2.56 bits per heavy atom. The summed E-state index contributed by atoms with van der Waals surface area (Å²) < 4.78 is 43.4. The fourth-order valence-electron chi connectivity index (χ4n) is 1.68. The zero-order chi connectivity index (χ0) is 13.8. The van der Waals surface area contributed by atoms with E-state index in [-0.39, 0.29) is 13.0 Å². The molecule has 18 heavy (non-hydrogen) atoms. The third-order valence-electron chi connectivity index (χ3n) is 2.51. The molecule has 0 saturated heterocycles.